The van der Waals surface area contributed by atoms with E-state index in [9.17, 15) is 4.79 Å². The smallest absolute Gasteiger partial charge is 0.266 e. The summed E-state index contributed by atoms with van der Waals surface area (Å²) in [5.74, 6) is 0.0654. The lowest BCUT2D eigenvalue weighted by Gasteiger charge is -2.33. The third kappa shape index (κ3) is 2.94. The van der Waals surface area contributed by atoms with E-state index in [2.05, 4.69) is 22.1 Å². The zero-order valence-electron chi connectivity index (χ0n) is 13.5. The Morgan fingerprint density at radius 2 is 1.75 bits per heavy atom. The Labute approximate surface area is 141 Å². The molecular formula is C19H21N3O2. The Bertz CT molecular complexity index is 716. The summed E-state index contributed by atoms with van der Waals surface area (Å²) in [6.07, 6.45) is 6.26. The second-order valence-corrected chi connectivity index (χ2v) is 6.39. The summed E-state index contributed by atoms with van der Waals surface area (Å²) in [7, 11) is 0. The van der Waals surface area contributed by atoms with Crippen LogP contribution in [0.25, 0.3) is 0 Å². The number of piperidine rings is 1. The summed E-state index contributed by atoms with van der Waals surface area (Å²) in [6.45, 7) is 1.56. The number of likely N-dealkylation sites (tertiary alicyclic amines) is 1. The van der Waals surface area contributed by atoms with E-state index < -0.39 is 6.10 Å². The number of oxime groups is 1. The van der Waals surface area contributed by atoms with Crippen LogP contribution in [-0.4, -0.2) is 40.3 Å². The van der Waals surface area contributed by atoms with E-state index in [1.807, 2.05) is 47.4 Å². The summed E-state index contributed by atoms with van der Waals surface area (Å²) < 4.78 is 2.24. The number of hydrogen-bond donors (Lipinski definition) is 0. The maximum absolute atomic E-state index is 12.7. The van der Waals surface area contributed by atoms with Crippen LogP contribution in [-0.2, 0) is 9.63 Å². The van der Waals surface area contributed by atoms with Gasteiger partial charge in [-0.05, 0) is 30.5 Å². The fraction of sp³-hybridized carbons (Fsp3) is 0.368. The van der Waals surface area contributed by atoms with Crippen molar-refractivity contribution in [2.45, 2.75) is 31.4 Å². The predicted octanol–water partition coefficient (Wildman–Crippen LogP) is 2.84. The molecule has 4 rings (SSSR count). The van der Waals surface area contributed by atoms with E-state index in [-0.39, 0.29) is 5.91 Å². The van der Waals surface area contributed by atoms with Crippen molar-refractivity contribution in [1.82, 2.24) is 9.47 Å². The van der Waals surface area contributed by atoms with Gasteiger partial charge in [0, 0.05) is 37.9 Å². The molecule has 5 nitrogen and oxygen atoms in total. The second kappa shape index (κ2) is 6.51. The average Bonchev–Trinajstić information content (AvgIpc) is 3.34. The molecule has 2 aliphatic rings. The van der Waals surface area contributed by atoms with Crippen LogP contribution in [0.4, 0.5) is 0 Å². The summed E-state index contributed by atoms with van der Waals surface area (Å²) >= 11 is 0. The van der Waals surface area contributed by atoms with Crippen LogP contribution in [0.1, 0.15) is 30.9 Å². The van der Waals surface area contributed by atoms with Crippen LogP contribution in [0.5, 0.6) is 0 Å². The Kier molecular flexibility index (Phi) is 4.07. The fourth-order valence-electron chi connectivity index (χ4n) is 3.49. The average molecular weight is 323 g/mol. The van der Waals surface area contributed by atoms with Crippen molar-refractivity contribution in [2.75, 3.05) is 13.1 Å². The minimum absolute atomic E-state index is 0.0654. The molecule has 0 radical (unpaired) electrons. The second-order valence-electron chi connectivity index (χ2n) is 6.39. The van der Waals surface area contributed by atoms with Gasteiger partial charge in [-0.15, -0.1) is 0 Å². The lowest BCUT2D eigenvalue weighted by Crippen LogP contribution is -2.44. The van der Waals surface area contributed by atoms with E-state index in [0.29, 0.717) is 12.5 Å². The van der Waals surface area contributed by atoms with Crippen molar-refractivity contribution in [1.29, 1.82) is 0 Å². The van der Waals surface area contributed by atoms with Crippen molar-refractivity contribution in [2.24, 2.45) is 5.16 Å². The minimum Gasteiger partial charge on any atom is -0.382 e. The van der Waals surface area contributed by atoms with Gasteiger partial charge in [-0.2, -0.15) is 0 Å². The Morgan fingerprint density at radius 3 is 2.46 bits per heavy atom. The maximum Gasteiger partial charge on any atom is 0.266 e. The maximum atomic E-state index is 12.7. The highest BCUT2D eigenvalue weighted by Crippen LogP contribution is 2.25. The number of rotatable bonds is 3. The summed E-state index contributed by atoms with van der Waals surface area (Å²) in [4.78, 5) is 20.0. The first kappa shape index (κ1) is 15.0. The number of carbonyl (C=O) groups is 1. The van der Waals surface area contributed by atoms with Gasteiger partial charge >= 0.3 is 0 Å². The summed E-state index contributed by atoms with van der Waals surface area (Å²) in [5.41, 5.74) is 1.88. The van der Waals surface area contributed by atoms with E-state index >= 15 is 0 Å². The van der Waals surface area contributed by atoms with Crippen molar-refractivity contribution in [3.8, 4) is 0 Å². The van der Waals surface area contributed by atoms with Crippen LogP contribution in [0.3, 0.4) is 0 Å². The van der Waals surface area contributed by atoms with Crippen LogP contribution in [0.2, 0.25) is 0 Å². The molecule has 1 aromatic heterocycles. The number of hydrogen-bond acceptors (Lipinski definition) is 3. The molecule has 3 heterocycles. The molecule has 2 aromatic rings. The lowest BCUT2D eigenvalue weighted by atomic mass is 10.0. The monoisotopic (exact) mass is 323 g/mol. The first-order valence-electron chi connectivity index (χ1n) is 8.50. The molecule has 1 fully saturated rings. The normalized spacial score (nSPS) is 21.4. The molecule has 0 aliphatic carbocycles. The molecule has 124 valence electrons. The van der Waals surface area contributed by atoms with Gasteiger partial charge in [-0.1, -0.05) is 35.5 Å². The zero-order chi connectivity index (χ0) is 16.4. The van der Waals surface area contributed by atoms with Crippen molar-refractivity contribution in [3.05, 3.63) is 60.4 Å². The molecule has 2 aliphatic heterocycles. The highest BCUT2D eigenvalue weighted by molar-refractivity contribution is 6.04. The number of amides is 1. The Balaban J connectivity index is 1.33. The number of benzene rings is 1. The van der Waals surface area contributed by atoms with E-state index in [0.717, 1.165) is 37.2 Å². The van der Waals surface area contributed by atoms with Gasteiger partial charge in [0.05, 0.1) is 5.71 Å². The Morgan fingerprint density at radius 1 is 1.04 bits per heavy atom. The highest BCUT2D eigenvalue weighted by Gasteiger charge is 2.34. The van der Waals surface area contributed by atoms with Gasteiger partial charge in [0.25, 0.3) is 5.91 Å². The van der Waals surface area contributed by atoms with Crippen LogP contribution in [0.15, 0.2) is 60.0 Å². The molecule has 24 heavy (non-hydrogen) atoms. The summed E-state index contributed by atoms with van der Waals surface area (Å²) in [6, 6.07) is 14.5. The molecule has 0 bridgehead atoms. The van der Waals surface area contributed by atoms with Gasteiger partial charge in [-0.25, -0.2) is 0 Å². The van der Waals surface area contributed by atoms with E-state index in [1.165, 1.54) is 0 Å². The molecule has 0 N–H and O–H groups in total. The highest BCUT2D eigenvalue weighted by atomic mass is 16.6. The first-order valence-corrected chi connectivity index (χ1v) is 8.50. The Hall–Kier alpha value is -2.56. The van der Waals surface area contributed by atoms with E-state index in [4.69, 9.17) is 4.84 Å². The van der Waals surface area contributed by atoms with Gasteiger partial charge in [-0.3, -0.25) is 4.79 Å². The minimum atomic E-state index is -0.469. The molecule has 1 atom stereocenters. The third-order valence-electron chi connectivity index (χ3n) is 4.88. The standard InChI is InChI=1S/C19H21N3O2/c23-19(18-14-17(20-24-18)15-6-2-1-3-7-15)22-12-8-16(9-13-22)21-10-4-5-11-21/h1-7,10-11,16,18H,8-9,12-14H2. The zero-order valence-corrected chi connectivity index (χ0v) is 13.5. The van der Waals surface area contributed by atoms with Gasteiger partial charge in [0.2, 0.25) is 6.10 Å². The van der Waals surface area contributed by atoms with Crippen molar-refractivity contribution < 1.29 is 9.63 Å². The molecular weight excluding hydrogens is 302 g/mol. The SMILES string of the molecule is O=C(C1CC(c2ccccc2)=NO1)N1CCC(n2cccc2)CC1. The molecule has 5 heteroatoms. The van der Waals surface area contributed by atoms with Gasteiger partial charge < -0.3 is 14.3 Å². The fourth-order valence-corrected chi connectivity index (χ4v) is 3.49. The van der Waals surface area contributed by atoms with Crippen LogP contribution in [0, 0.1) is 0 Å². The molecule has 1 aromatic carbocycles. The van der Waals surface area contributed by atoms with Crippen LogP contribution >= 0.6 is 0 Å². The third-order valence-corrected chi connectivity index (χ3v) is 4.88. The van der Waals surface area contributed by atoms with Crippen LogP contribution < -0.4 is 0 Å². The molecule has 1 unspecified atom stereocenters. The summed E-state index contributed by atoms with van der Waals surface area (Å²) in [5, 5.41) is 4.12. The molecule has 1 amide bonds. The number of carbonyl (C=O) groups excluding carboxylic acids is 1. The number of aromatic nitrogens is 1. The number of nitrogens with zero attached hydrogens (tertiary/aromatic N) is 3. The van der Waals surface area contributed by atoms with Crippen molar-refractivity contribution in [3.63, 3.8) is 0 Å². The first-order chi connectivity index (χ1) is 11.8. The quantitative estimate of drug-likeness (QED) is 0.872. The van der Waals surface area contributed by atoms with E-state index in [1.54, 1.807) is 0 Å². The lowest BCUT2D eigenvalue weighted by molar-refractivity contribution is -0.143. The van der Waals surface area contributed by atoms with Crippen molar-refractivity contribution >= 4 is 11.6 Å². The molecule has 1 saturated heterocycles. The van der Waals surface area contributed by atoms with Gasteiger partial charge in [0.15, 0.2) is 0 Å². The predicted molar refractivity (Wildman–Crippen MR) is 91.8 cm³/mol. The topological polar surface area (TPSA) is 46.8 Å². The largest absolute Gasteiger partial charge is 0.382 e. The van der Waals surface area contributed by atoms with Gasteiger partial charge in [0.1, 0.15) is 0 Å². The molecule has 0 spiro atoms. The molecule has 0 saturated carbocycles.